The fourth-order valence-corrected chi connectivity index (χ4v) is 14.9. The number of nitrogens with zero attached hydrogens (tertiary/aromatic N) is 2. The number of aromatic hydroxyl groups is 1. The predicted octanol–water partition coefficient (Wildman–Crippen LogP) is 4.00. The number of carbonyl (C=O) groups excluding carboxylic acids is 2. The van der Waals surface area contributed by atoms with Crippen LogP contribution in [0, 0.1) is 10.8 Å². The van der Waals surface area contributed by atoms with Crippen molar-refractivity contribution >= 4 is 23.3 Å². The maximum atomic E-state index is 13.9. The lowest BCUT2D eigenvalue weighted by Crippen LogP contribution is -2.69. The van der Waals surface area contributed by atoms with Gasteiger partial charge in [-0.05, 0) is 68.3 Å². The molecule has 12 rings (SSSR count). The number of epoxide rings is 1. The first-order valence-electron chi connectivity index (χ1n) is 20.9. The molecule has 10 aliphatic rings. The summed E-state index contributed by atoms with van der Waals surface area (Å²) in [6, 6.07) is 5.72. The molecular weight excluding hydrogens is 745 g/mol. The smallest absolute Gasteiger partial charge is 0.335 e. The van der Waals surface area contributed by atoms with Gasteiger partial charge in [-0.3, -0.25) is 9.80 Å². The van der Waals surface area contributed by atoms with Crippen molar-refractivity contribution in [3.63, 3.8) is 0 Å². The molecule has 8 heterocycles. The van der Waals surface area contributed by atoms with Crippen molar-refractivity contribution in [1.82, 2.24) is 9.80 Å². The molecule has 2 aromatic carbocycles. The molecule has 58 heavy (non-hydrogen) atoms. The number of carbonyl (C=O) groups is 2. The van der Waals surface area contributed by atoms with Crippen LogP contribution in [0.1, 0.15) is 75.1 Å². The number of nitrogens with one attached hydrogen (secondary N) is 2. The number of piperidine rings is 2. The lowest BCUT2D eigenvalue weighted by Gasteiger charge is -2.60. The molecular formula is C44H50N4O10. The molecule has 0 bridgehead atoms. The predicted molar refractivity (Wildman–Crippen MR) is 208 cm³/mol. The number of ether oxygens (including phenoxy) is 6. The number of anilines is 2. The highest BCUT2D eigenvalue weighted by Crippen LogP contribution is 2.73. The van der Waals surface area contributed by atoms with Crippen molar-refractivity contribution in [3.05, 3.63) is 57.4 Å². The molecule has 0 amide bonds. The Hall–Kier alpha value is -4.50. The monoisotopic (exact) mass is 794 g/mol. The quantitative estimate of drug-likeness (QED) is 0.189. The van der Waals surface area contributed by atoms with Gasteiger partial charge in [-0.2, -0.15) is 0 Å². The maximum Gasteiger partial charge on any atom is 0.335 e. The highest BCUT2D eigenvalue weighted by Gasteiger charge is 2.76. The number of methoxy groups -OCH3 is 4. The molecule has 11 atom stereocenters. The molecule has 2 aromatic rings. The summed E-state index contributed by atoms with van der Waals surface area (Å²) >= 11 is 0. The van der Waals surface area contributed by atoms with E-state index in [-0.39, 0.29) is 59.6 Å². The number of benzene rings is 2. The third-order valence-corrected chi connectivity index (χ3v) is 16.9. The number of phenolic OH excluding ortho intramolecular Hbond substituents is 1. The standard InChI is InChI=1S/C44H50N4O10/c1-7-41-16-20(37(51)55-5)34-44(23-14-25(49)30(53-3)31(54-4)28(23)46-34)10-12-48(40(41)44)29-19-13-22-24(15-26(19)57-32(29)35(41)50)45-33-21(38(52)56-6)17-42(8-2)36-27(58-36)18-47-11-9-43(22,33)39(42)47/h13-15,27,29,32,35-36,39-40,45-46,49-50H,7-12,16-18H2,1-6H3/t27-,29-,32+,35-,36-,39+,40+,41-,42-,43-,44+/m1/s1. The molecule has 8 aliphatic heterocycles. The van der Waals surface area contributed by atoms with Crippen molar-refractivity contribution in [2.24, 2.45) is 10.8 Å². The Morgan fingerprint density at radius 1 is 0.862 bits per heavy atom. The van der Waals surface area contributed by atoms with Crippen LogP contribution in [0.15, 0.2) is 40.7 Å². The van der Waals surface area contributed by atoms with Crippen LogP contribution < -0.4 is 24.8 Å². The summed E-state index contributed by atoms with van der Waals surface area (Å²) in [6.45, 7) is 6.76. The van der Waals surface area contributed by atoms with Gasteiger partial charge in [0.2, 0.25) is 5.75 Å². The second-order valence-corrected chi connectivity index (χ2v) is 18.3. The van der Waals surface area contributed by atoms with Gasteiger partial charge in [0.25, 0.3) is 0 Å². The number of aliphatic hydroxyl groups is 1. The van der Waals surface area contributed by atoms with Gasteiger partial charge in [0.05, 0.1) is 74.4 Å². The molecule has 2 spiro atoms. The van der Waals surface area contributed by atoms with Crippen LogP contribution in [0.5, 0.6) is 23.0 Å². The molecule has 2 aliphatic carbocycles. The number of hydrogen-bond donors (Lipinski definition) is 4. The summed E-state index contributed by atoms with van der Waals surface area (Å²) in [7, 11) is 5.89. The average Bonchev–Trinajstić information content (AvgIpc) is 3.57. The van der Waals surface area contributed by atoms with E-state index in [1.807, 2.05) is 0 Å². The Morgan fingerprint density at radius 2 is 1.53 bits per heavy atom. The van der Waals surface area contributed by atoms with Crippen molar-refractivity contribution in [2.45, 2.75) is 106 Å². The summed E-state index contributed by atoms with van der Waals surface area (Å²) < 4.78 is 35.8. The Morgan fingerprint density at radius 3 is 2.22 bits per heavy atom. The average molecular weight is 795 g/mol. The van der Waals surface area contributed by atoms with Gasteiger partial charge in [0.15, 0.2) is 11.5 Å². The molecule has 4 N–H and O–H groups in total. The number of hydrogen-bond acceptors (Lipinski definition) is 14. The fourth-order valence-electron chi connectivity index (χ4n) is 14.9. The van der Waals surface area contributed by atoms with Crippen LogP contribution >= 0.6 is 0 Å². The Labute approximate surface area is 336 Å². The zero-order valence-electron chi connectivity index (χ0n) is 33.7. The Bertz CT molecular complexity index is 2350. The van der Waals surface area contributed by atoms with Gasteiger partial charge in [0, 0.05) is 64.7 Å². The fraction of sp³-hybridized carbons (Fsp3) is 0.591. The van der Waals surface area contributed by atoms with Crippen molar-refractivity contribution < 1.29 is 48.2 Å². The van der Waals surface area contributed by atoms with E-state index in [2.05, 4.69) is 46.4 Å². The summed E-state index contributed by atoms with van der Waals surface area (Å²) in [4.78, 5) is 32.8. The third-order valence-electron chi connectivity index (χ3n) is 16.9. The van der Waals surface area contributed by atoms with Gasteiger partial charge >= 0.3 is 11.9 Å². The first-order valence-corrected chi connectivity index (χ1v) is 20.9. The van der Waals surface area contributed by atoms with Gasteiger partial charge in [-0.25, -0.2) is 9.59 Å². The number of esters is 2. The summed E-state index contributed by atoms with van der Waals surface area (Å²) in [5.41, 5.74) is 5.09. The van der Waals surface area contributed by atoms with E-state index in [1.54, 1.807) is 13.2 Å². The van der Waals surface area contributed by atoms with Crippen molar-refractivity contribution in [3.8, 4) is 23.0 Å². The summed E-state index contributed by atoms with van der Waals surface area (Å²) in [5.74, 6) is 0.458. The first kappa shape index (κ1) is 35.4. The van der Waals surface area contributed by atoms with Crippen molar-refractivity contribution in [1.29, 1.82) is 0 Å². The van der Waals surface area contributed by atoms with Gasteiger partial charge in [-0.15, -0.1) is 0 Å². The second-order valence-electron chi connectivity index (χ2n) is 18.3. The zero-order chi connectivity index (χ0) is 40.0. The third kappa shape index (κ3) is 3.66. The van der Waals surface area contributed by atoms with E-state index in [1.165, 1.54) is 26.9 Å². The van der Waals surface area contributed by atoms with Crippen LogP contribution in [0.25, 0.3) is 0 Å². The highest BCUT2D eigenvalue weighted by molar-refractivity contribution is 5.95. The minimum absolute atomic E-state index is 0.0607. The second kappa shape index (κ2) is 11.2. The SMILES string of the molecule is CC[C@@]12CC(C(=O)OC)=C3Nc4cc5c(cc4[C@]34CCN(C[C@H]3O[C@H]31)[C@@H]24)[C@@H]1[C@H](O5)[C@@H](O)[C@@]2(CC)CC(C(=O)OC)=C3Nc4c(cc(O)c(OC)c4OC)[C@@]34CCN1[C@@H]24. The molecule has 5 fully saturated rings. The number of aliphatic hydroxyl groups excluding tert-OH is 1. The normalized spacial score (nSPS) is 40.0. The lowest BCUT2D eigenvalue weighted by atomic mass is 9.51. The summed E-state index contributed by atoms with van der Waals surface area (Å²) in [5, 5.41) is 31.8. The first-order chi connectivity index (χ1) is 28.0. The maximum absolute atomic E-state index is 13.9. The molecule has 0 aromatic heterocycles. The van der Waals surface area contributed by atoms with Crippen LogP contribution in [0.3, 0.4) is 0 Å². The van der Waals surface area contributed by atoms with Crippen LogP contribution in [0.2, 0.25) is 0 Å². The van der Waals surface area contributed by atoms with Crippen LogP contribution in [0.4, 0.5) is 11.4 Å². The number of rotatable bonds is 6. The van der Waals surface area contributed by atoms with E-state index in [4.69, 9.17) is 28.4 Å². The van der Waals surface area contributed by atoms with E-state index in [9.17, 15) is 19.8 Å². The molecule has 14 nitrogen and oxygen atoms in total. The largest absolute Gasteiger partial charge is 0.504 e. The molecule has 306 valence electrons. The molecule has 0 saturated carbocycles. The minimum atomic E-state index is -0.959. The Kier molecular flexibility index (Phi) is 6.84. The zero-order valence-corrected chi connectivity index (χ0v) is 33.7. The number of fused-ring (bicyclic) bond motifs is 8. The van der Waals surface area contributed by atoms with Gasteiger partial charge in [-0.1, -0.05) is 13.8 Å². The van der Waals surface area contributed by atoms with Crippen LogP contribution in [-0.4, -0.2) is 117 Å². The van der Waals surface area contributed by atoms with E-state index < -0.39 is 34.4 Å². The van der Waals surface area contributed by atoms with Gasteiger partial charge < -0.3 is 49.3 Å². The minimum Gasteiger partial charge on any atom is -0.504 e. The molecule has 14 heteroatoms. The summed E-state index contributed by atoms with van der Waals surface area (Å²) in [6.07, 6.45) is 2.52. The van der Waals surface area contributed by atoms with E-state index in [0.29, 0.717) is 54.1 Å². The topological polar surface area (TPSA) is 164 Å². The van der Waals surface area contributed by atoms with Gasteiger partial charge in [0.1, 0.15) is 18.0 Å². The molecule has 5 saturated heterocycles. The molecule has 0 radical (unpaired) electrons. The van der Waals surface area contributed by atoms with Crippen LogP contribution in [-0.2, 0) is 34.6 Å². The number of phenols is 1. The van der Waals surface area contributed by atoms with E-state index in [0.717, 1.165) is 54.1 Å². The lowest BCUT2D eigenvalue weighted by molar-refractivity contribution is -0.168. The highest BCUT2D eigenvalue weighted by atomic mass is 16.6. The molecule has 0 unspecified atom stereocenters. The van der Waals surface area contributed by atoms with E-state index >= 15 is 0 Å². The Balaban J connectivity index is 1.05. The van der Waals surface area contributed by atoms with Crippen molar-refractivity contribution in [2.75, 3.05) is 58.7 Å².